The van der Waals surface area contributed by atoms with Gasteiger partial charge in [0.2, 0.25) is 0 Å². The summed E-state index contributed by atoms with van der Waals surface area (Å²) < 4.78 is 6.07. The Labute approximate surface area is 308 Å². The summed E-state index contributed by atoms with van der Waals surface area (Å²) in [6, 6.07) is 22.3. The third-order valence-electron chi connectivity index (χ3n) is 10.3. The van der Waals surface area contributed by atoms with Gasteiger partial charge in [0.15, 0.2) is 0 Å². The van der Waals surface area contributed by atoms with Crippen LogP contribution < -0.4 is 10.6 Å². The number of likely N-dealkylation sites (tertiary alicyclic amines) is 1. The van der Waals surface area contributed by atoms with Gasteiger partial charge < -0.3 is 9.64 Å². The predicted octanol–water partition coefficient (Wildman–Crippen LogP) is 11.3. The number of hydrogen-bond acceptors (Lipinski definition) is 2. The van der Waals surface area contributed by atoms with Crippen LogP contribution in [0.2, 0.25) is 0 Å². The molecule has 6 heteroatoms. The summed E-state index contributed by atoms with van der Waals surface area (Å²) in [5.74, 6) is 0. The zero-order valence-electron chi connectivity index (χ0n) is 29.9. The van der Waals surface area contributed by atoms with Crippen molar-refractivity contribution in [1.82, 2.24) is 4.90 Å². The number of carbonyl (C=O) groups excluding carboxylic acids is 1. The summed E-state index contributed by atoms with van der Waals surface area (Å²) in [4.78, 5) is 16.0. The second kappa shape index (κ2) is 20.5. The van der Waals surface area contributed by atoms with E-state index >= 15 is 0 Å². The molecule has 1 radical (unpaired) electrons. The topological polar surface area (TPSA) is 29.5 Å². The van der Waals surface area contributed by atoms with E-state index < -0.39 is 13.5 Å². The third kappa shape index (κ3) is 12.2. The number of allylic oxidation sites excluding steroid dienone is 4. The SMILES string of the molecule is C1=CCCC=CCC1.CC(C)(C)OC(=O)N1C[C@H](P(C2CCCCC2)C2CCCCC2)C[C@@H]1CP(c1ccccc1)c1ccccc1.[Rh]. The molecule has 1 heterocycles. The molecule has 48 heavy (non-hydrogen) atoms. The summed E-state index contributed by atoms with van der Waals surface area (Å²) in [6.07, 6.45) is 30.3. The van der Waals surface area contributed by atoms with Crippen LogP contribution >= 0.6 is 15.8 Å². The Morgan fingerprint density at radius 3 is 1.54 bits per heavy atom. The van der Waals surface area contributed by atoms with Crippen LogP contribution in [0, 0.1) is 0 Å². The van der Waals surface area contributed by atoms with Crippen molar-refractivity contribution in [2.24, 2.45) is 0 Å². The number of carbonyl (C=O) groups is 1. The minimum atomic E-state index is -0.556. The van der Waals surface area contributed by atoms with E-state index in [4.69, 9.17) is 4.74 Å². The molecule has 4 aliphatic rings. The average Bonchev–Trinajstić information content (AvgIpc) is 3.48. The molecule has 2 atom stereocenters. The molecule has 0 aromatic heterocycles. The number of ether oxygens (including phenoxy) is 1. The van der Waals surface area contributed by atoms with Crippen molar-refractivity contribution < 1.29 is 29.0 Å². The molecule has 265 valence electrons. The molecule has 0 N–H and O–H groups in total. The van der Waals surface area contributed by atoms with Gasteiger partial charge in [0.25, 0.3) is 0 Å². The van der Waals surface area contributed by atoms with Crippen LogP contribution in [0.3, 0.4) is 0 Å². The number of amides is 1. The van der Waals surface area contributed by atoms with E-state index in [0.717, 1.165) is 30.4 Å². The first kappa shape index (κ1) is 39.5. The van der Waals surface area contributed by atoms with Crippen LogP contribution in [-0.2, 0) is 24.2 Å². The second-order valence-corrected chi connectivity index (χ2v) is 20.4. The number of nitrogens with zero attached hydrogens (tertiary/aromatic N) is 1. The Bertz CT molecular complexity index is 1170. The molecule has 6 rings (SSSR count). The van der Waals surface area contributed by atoms with Gasteiger partial charge in [-0.25, -0.2) is 4.79 Å². The Hall–Kier alpha value is -1.33. The minimum Gasteiger partial charge on any atom is -0.444 e. The van der Waals surface area contributed by atoms with E-state index in [9.17, 15) is 4.79 Å². The fraction of sp³-hybridized carbons (Fsp3) is 0.595. The molecule has 1 amide bonds. The summed E-state index contributed by atoms with van der Waals surface area (Å²) in [5, 5.41) is 2.82. The molecular weight excluding hydrogens is 715 g/mol. The van der Waals surface area contributed by atoms with E-state index in [1.165, 1.54) is 101 Å². The molecule has 2 saturated carbocycles. The van der Waals surface area contributed by atoms with Crippen LogP contribution in [0.4, 0.5) is 4.79 Å². The summed E-state index contributed by atoms with van der Waals surface area (Å²) >= 11 is 0. The molecule has 3 aliphatic carbocycles. The molecular formula is C42H61NO2P2Rh. The first-order valence-electron chi connectivity index (χ1n) is 18.8. The van der Waals surface area contributed by atoms with Crippen molar-refractivity contribution in [3.8, 4) is 0 Å². The second-order valence-electron chi connectivity index (χ2n) is 15.1. The number of rotatable bonds is 7. The first-order valence-corrected chi connectivity index (χ1v) is 21.9. The molecule has 2 aromatic rings. The Morgan fingerprint density at radius 2 is 1.12 bits per heavy atom. The smallest absolute Gasteiger partial charge is 0.410 e. The minimum absolute atomic E-state index is 0. The molecule has 1 aliphatic heterocycles. The predicted molar refractivity (Wildman–Crippen MR) is 206 cm³/mol. The normalized spacial score (nSPS) is 22.4. The van der Waals surface area contributed by atoms with Crippen molar-refractivity contribution in [3.63, 3.8) is 0 Å². The molecule has 0 spiro atoms. The van der Waals surface area contributed by atoms with Crippen molar-refractivity contribution in [2.45, 2.75) is 146 Å². The molecule has 1 saturated heterocycles. The van der Waals surface area contributed by atoms with Crippen molar-refractivity contribution in [2.75, 3.05) is 12.7 Å². The number of benzene rings is 2. The van der Waals surface area contributed by atoms with Crippen molar-refractivity contribution in [1.29, 1.82) is 0 Å². The van der Waals surface area contributed by atoms with Gasteiger partial charge in [-0.1, -0.05) is 131 Å². The van der Waals surface area contributed by atoms with Crippen LogP contribution in [0.15, 0.2) is 85.0 Å². The van der Waals surface area contributed by atoms with Gasteiger partial charge in [0.1, 0.15) is 5.60 Å². The van der Waals surface area contributed by atoms with Gasteiger partial charge in [-0.15, -0.1) is 0 Å². The summed E-state index contributed by atoms with van der Waals surface area (Å²) in [7, 11) is -0.641. The average molecular weight is 777 g/mol. The van der Waals surface area contributed by atoms with Gasteiger partial charge in [-0.05, 0) is 120 Å². The van der Waals surface area contributed by atoms with E-state index in [2.05, 4.69) is 89.9 Å². The van der Waals surface area contributed by atoms with Gasteiger partial charge >= 0.3 is 6.09 Å². The van der Waals surface area contributed by atoms with Crippen LogP contribution in [0.1, 0.15) is 117 Å². The van der Waals surface area contributed by atoms with E-state index in [0.29, 0.717) is 5.66 Å². The summed E-state index contributed by atoms with van der Waals surface area (Å²) in [5.41, 5.74) is 2.00. The maximum Gasteiger partial charge on any atom is 0.410 e. The number of hydrogen-bond donors (Lipinski definition) is 0. The fourth-order valence-corrected chi connectivity index (χ4v) is 15.2. The maximum absolute atomic E-state index is 13.8. The van der Waals surface area contributed by atoms with Crippen LogP contribution in [0.25, 0.3) is 0 Å². The molecule has 0 bridgehead atoms. The van der Waals surface area contributed by atoms with Gasteiger partial charge in [-0.3, -0.25) is 0 Å². The standard InChI is InChI=1S/C34H49NO2P2.C8H12.Rh/c1-34(2,3)37-33(36)35-25-32(39(30-20-12-6-13-21-30)31-22-14-7-15-23-31)24-27(35)26-38(28-16-8-4-9-17-28)29-18-10-5-11-19-29;1-2-4-6-8-7-5-3-1;/h4-5,8-11,16-19,27,30-32H,6-7,12-15,20-26H2,1-3H3;1-2,7-8H,3-6H2;/t27-,32-;;/m1../s1. The molecule has 2 aromatic carbocycles. The van der Waals surface area contributed by atoms with E-state index in [1.807, 2.05) is 20.8 Å². The molecule has 0 unspecified atom stereocenters. The Balaban J connectivity index is 0.000000508. The van der Waals surface area contributed by atoms with Gasteiger partial charge in [0.05, 0.1) is 0 Å². The molecule has 3 nitrogen and oxygen atoms in total. The van der Waals surface area contributed by atoms with E-state index in [-0.39, 0.29) is 39.5 Å². The van der Waals surface area contributed by atoms with Gasteiger partial charge in [-0.2, -0.15) is 0 Å². The van der Waals surface area contributed by atoms with Crippen LogP contribution in [0.5, 0.6) is 0 Å². The fourth-order valence-electron chi connectivity index (χ4n) is 8.12. The van der Waals surface area contributed by atoms with E-state index in [1.54, 1.807) is 0 Å². The van der Waals surface area contributed by atoms with Crippen LogP contribution in [-0.4, -0.2) is 52.3 Å². The summed E-state index contributed by atoms with van der Waals surface area (Å²) in [6.45, 7) is 6.92. The van der Waals surface area contributed by atoms with Crippen molar-refractivity contribution in [3.05, 3.63) is 85.0 Å². The quantitative estimate of drug-likeness (QED) is 0.159. The largest absolute Gasteiger partial charge is 0.444 e. The van der Waals surface area contributed by atoms with Crippen molar-refractivity contribution >= 4 is 32.5 Å². The maximum atomic E-state index is 13.8. The monoisotopic (exact) mass is 776 g/mol. The zero-order chi connectivity index (χ0) is 32.9. The van der Waals surface area contributed by atoms with Gasteiger partial charge in [0, 0.05) is 32.1 Å². The third-order valence-corrected chi connectivity index (χ3v) is 16.9. The molecule has 3 fully saturated rings. The zero-order valence-corrected chi connectivity index (χ0v) is 33.3. The Kier molecular flexibility index (Phi) is 16.9. The first-order chi connectivity index (χ1) is 22.9. The Morgan fingerprint density at radius 1 is 0.688 bits per heavy atom.